The average molecular weight is 437 g/mol. The Morgan fingerprint density at radius 2 is 2.03 bits per heavy atom. The van der Waals surface area contributed by atoms with Crippen molar-refractivity contribution >= 4 is 15.9 Å². The fourth-order valence-corrected chi connectivity index (χ4v) is 4.33. The van der Waals surface area contributed by atoms with Gasteiger partial charge in [0.05, 0.1) is 25.2 Å². The number of hydrogen-bond acceptors (Lipinski definition) is 5. The number of rotatable bonds is 8. The minimum atomic E-state index is -3.87. The van der Waals surface area contributed by atoms with E-state index in [4.69, 9.17) is 9.47 Å². The highest BCUT2D eigenvalue weighted by Gasteiger charge is 2.25. The van der Waals surface area contributed by atoms with Gasteiger partial charge in [-0.2, -0.15) is 0 Å². The van der Waals surface area contributed by atoms with Crippen LogP contribution in [-0.4, -0.2) is 52.6 Å². The van der Waals surface area contributed by atoms with Gasteiger partial charge in [0.1, 0.15) is 6.10 Å². The van der Waals surface area contributed by atoms with Crippen LogP contribution >= 0.6 is 0 Å². The molecule has 0 saturated carbocycles. The molecule has 1 fully saturated rings. The number of amides is 1. The van der Waals surface area contributed by atoms with Crippen LogP contribution in [0.1, 0.15) is 24.5 Å². The molecule has 0 aromatic heterocycles. The summed E-state index contributed by atoms with van der Waals surface area (Å²) in [7, 11) is -2.56. The van der Waals surface area contributed by atoms with Crippen LogP contribution in [0.4, 0.5) is 4.39 Å². The lowest BCUT2D eigenvalue weighted by molar-refractivity contribution is -0.139. The van der Waals surface area contributed by atoms with Gasteiger partial charge in [0.15, 0.2) is 11.6 Å². The summed E-state index contributed by atoms with van der Waals surface area (Å²) in [6.07, 6.45) is 0.387. The van der Waals surface area contributed by atoms with E-state index in [9.17, 15) is 17.6 Å². The number of nitrogens with one attached hydrogen (secondary N) is 1. The maximum absolute atomic E-state index is 13.8. The second-order valence-electron chi connectivity index (χ2n) is 6.91. The molecule has 9 heteroatoms. The van der Waals surface area contributed by atoms with E-state index < -0.39 is 15.8 Å². The SMILES string of the molecule is COc1ccc(S(=O)(=O)NCCCC(=O)N2CCOC(c3ccccc3)C2)cc1F. The van der Waals surface area contributed by atoms with Gasteiger partial charge in [0.25, 0.3) is 0 Å². The Balaban J connectivity index is 1.47. The summed E-state index contributed by atoms with van der Waals surface area (Å²) in [5.41, 5.74) is 1.02. The zero-order valence-electron chi connectivity index (χ0n) is 16.7. The fourth-order valence-electron chi connectivity index (χ4n) is 3.25. The molecule has 0 bridgehead atoms. The number of carbonyl (C=O) groups is 1. The van der Waals surface area contributed by atoms with Crippen molar-refractivity contribution in [2.45, 2.75) is 23.8 Å². The second kappa shape index (κ2) is 10.0. The number of methoxy groups -OCH3 is 1. The van der Waals surface area contributed by atoms with E-state index in [0.29, 0.717) is 26.1 Å². The van der Waals surface area contributed by atoms with Gasteiger partial charge in [-0.15, -0.1) is 0 Å². The predicted octanol–water partition coefficient (Wildman–Crippen LogP) is 2.49. The van der Waals surface area contributed by atoms with E-state index in [1.54, 1.807) is 4.90 Å². The summed E-state index contributed by atoms with van der Waals surface area (Å²) < 4.78 is 51.3. The Labute approximate surface area is 175 Å². The number of nitrogens with zero attached hydrogens (tertiary/aromatic N) is 1. The highest BCUT2D eigenvalue weighted by Crippen LogP contribution is 2.23. The maximum Gasteiger partial charge on any atom is 0.240 e. The van der Waals surface area contributed by atoms with Crippen LogP contribution in [0.25, 0.3) is 0 Å². The van der Waals surface area contributed by atoms with E-state index in [2.05, 4.69) is 4.72 Å². The molecule has 3 rings (SSSR count). The Bertz CT molecular complexity index is 969. The molecule has 2 aromatic rings. The van der Waals surface area contributed by atoms with Gasteiger partial charge in [-0.25, -0.2) is 17.5 Å². The standard InChI is InChI=1S/C21H25FN2O5S/c1-28-19-10-9-17(14-18(19)22)30(26,27)23-11-5-8-21(25)24-12-13-29-20(15-24)16-6-3-2-4-7-16/h2-4,6-7,9-10,14,20,23H,5,8,11-13,15H2,1H3. The molecule has 1 atom stereocenters. The van der Waals surface area contributed by atoms with Crippen molar-refractivity contribution in [1.82, 2.24) is 9.62 Å². The van der Waals surface area contributed by atoms with Crippen LogP contribution in [0.15, 0.2) is 53.4 Å². The third-order valence-corrected chi connectivity index (χ3v) is 6.34. The number of halogens is 1. The van der Waals surface area contributed by atoms with Gasteiger partial charge in [0, 0.05) is 19.5 Å². The average Bonchev–Trinajstić information content (AvgIpc) is 2.77. The molecule has 7 nitrogen and oxygen atoms in total. The number of ether oxygens (including phenoxy) is 2. The molecule has 1 aliphatic rings. The zero-order chi connectivity index (χ0) is 21.6. The molecule has 30 heavy (non-hydrogen) atoms. The lowest BCUT2D eigenvalue weighted by Gasteiger charge is -2.33. The summed E-state index contributed by atoms with van der Waals surface area (Å²) in [6.45, 7) is 1.52. The van der Waals surface area contributed by atoms with Gasteiger partial charge in [-0.1, -0.05) is 30.3 Å². The first kappa shape index (κ1) is 22.2. The van der Waals surface area contributed by atoms with Crippen LogP contribution in [0, 0.1) is 5.82 Å². The fraction of sp³-hybridized carbons (Fsp3) is 0.381. The number of sulfonamides is 1. The van der Waals surface area contributed by atoms with E-state index in [0.717, 1.165) is 11.6 Å². The Morgan fingerprint density at radius 1 is 1.27 bits per heavy atom. The molecule has 0 aliphatic carbocycles. The lowest BCUT2D eigenvalue weighted by atomic mass is 10.1. The van der Waals surface area contributed by atoms with Crippen LogP contribution in [0.2, 0.25) is 0 Å². The Hall–Kier alpha value is -2.49. The summed E-state index contributed by atoms with van der Waals surface area (Å²) in [5.74, 6) is -0.830. The molecule has 0 radical (unpaired) electrons. The second-order valence-corrected chi connectivity index (χ2v) is 8.67. The van der Waals surface area contributed by atoms with E-state index >= 15 is 0 Å². The van der Waals surface area contributed by atoms with Crippen molar-refractivity contribution in [2.75, 3.05) is 33.4 Å². The molecule has 1 unspecified atom stereocenters. The summed E-state index contributed by atoms with van der Waals surface area (Å²) in [6, 6.07) is 13.2. The number of hydrogen-bond donors (Lipinski definition) is 1. The van der Waals surface area contributed by atoms with Crippen LogP contribution < -0.4 is 9.46 Å². The molecule has 1 heterocycles. The summed E-state index contributed by atoms with van der Waals surface area (Å²) >= 11 is 0. The number of benzene rings is 2. The van der Waals surface area contributed by atoms with Gasteiger partial charge >= 0.3 is 0 Å². The molecule has 1 N–H and O–H groups in total. The zero-order valence-corrected chi connectivity index (χ0v) is 17.5. The number of morpholine rings is 1. The monoisotopic (exact) mass is 436 g/mol. The van der Waals surface area contributed by atoms with Gasteiger partial charge in [0.2, 0.25) is 15.9 Å². The topological polar surface area (TPSA) is 84.9 Å². The van der Waals surface area contributed by atoms with Gasteiger partial charge < -0.3 is 14.4 Å². The molecular formula is C21H25FN2O5S. The third kappa shape index (κ3) is 5.56. The van der Waals surface area contributed by atoms with Crippen LogP contribution in [0.3, 0.4) is 0 Å². The van der Waals surface area contributed by atoms with Crippen molar-refractivity contribution in [3.63, 3.8) is 0 Å². The van der Waals surface area contributed by atoms with Crippen molar-refractivity contribution in [2.24, 2.45) is 0 Å². The molecule has 2 aromatic carbocycles. The van der Waals surface area contributed by atoms with E-state index in [1.807, 2.05) is 30.3 Å². The van der Waals surface area contributed by atoms with E-state index in [-0.39, 0.29) is 35.6 Å². The minimum Gasteiger partial charge on any atom is -0.494 e. The molecule has 162 valence electrons. The molecule has 1 saturated heterocycles. The first-order valence-electron chi connectivity index (χ1n) is 9.68. The van der Waals surface area contributed by atoms with Crippen LogP contribution in [0.5, 0.6) is 5.75 Å². The van der Waals surface area contributed by atoms with Crippen molar-refractivity contribution in [3.05, 3.63) is 59.9 Å². The minimum absolute atomic E-state index is 0.0288. The van der Waals surface area contributed by atoms with Crippen molar-refractivity contribution in [1.29, 1.82) is 0 Å². The summed E-state index contributed by atoms with van der Waals surface area (Å²) in [4.78, 5) is 14.1. The first-order valence-corrected chi connectivity index (χ1v) is 11.2. The Morgan fingerprint density at radius 3 is 2.73 bits per heavy atom. The molecule has 0 spiro atoms. The highest BCUT2D eigenvalue weighted by atomic mass is 32.2. The largest absolute Gasteiger partial charge is 0.494 e. The van der Waals surface area contributed by atoms with Gasteiger partial charge in [-0.3, -0.25) is 4.79 Å². The smallest absolute Gasteiger partial charge is 0.240 e. The Kier molecular flexibility index (Phi) is 7.41. The normalized spacial score (nSPS) is 17.0. The quantitative estimate of drug-likeness (QED) is 0.643. The van der Waals surface area contributed by atoms with E-state index in [1.165, 1.54) is 19.2 Å². The van der Waals surface area contributed by atoms with Crippen LogP contribution in [-0.2, 0) is 19.6 Å². The first-order chi connectivity index (χ1) is 14.4. The van der Waals surface area contributed by atoms with Crippen molar-refractivity contribution < 1.29 is 27.1 Å². The maximum atomic E-state index is 13.8. The predicted molar refractivity (Wildman–Crippen MR) is 109 cm³/mol. The molecule has 1 amide bonds. The van der Waals surface area contributed by atoms with Crippen molar-refractivity contribution in [3.8, 4) is 5.75 Å². The molecule has 1 aliphatic heterocycles. The number of carbonyl (C=O) groups excluding carboxylic acids is 1. The highest BCUT2D eigenvalue weighted by molar-refractivity contribution is 7.89. The molecular weight excluding hydrogens is 411 g/mol. The third-order valence-electron chi connectivity index (χ3n) is 4.88. The lowest BCUT2D eigenvalue weighted by Crippen LogP contribution is -2.42. The van der Waals surface area contributed by atoms with Gasteiger partial charge in [-0.05, 0) is 30.2 Å². The summed E-state index contributed by atoms with van der Waals surface area (Å²) in [5, 5.41) is 0.